The molecule has 5 nitrogen and oxygen atoms in total. The summed E-state index contributed by atoms with van der Waals surface area (Å²) in [5.41, 5.74) is 2.82. The molecule has 3 aromatic rings. The van der Waals surface area contributed by atoms with Crippen LogP contribution in [-0.2, 0) is 4.79 Å². The van der Waals surface area contributed by atoms with Crippen LogP contribution in [0.1, 0.15) is 38.3 Å². The first-order valence-corrected chi connectivity index (χ1v) is 10.7. The molecule has 1 unspecified atom stereocenters. The molecule has 5 rings (SSSR count). The molecule has 1 N–H and O–H groups in total. The standard InChI is InChI=1S/C23H19Cl2FN4O/c1-23(2)10-17-19(18(31)11-23)20(12-3-6-14(26)7-4-12)30-22(27-17)28-21(29-30)13-5-8-15(24)16(25)9-13/h3-9,20H,10-11H2,1-2H3,(H,27,28,29). The number of benzene rings is 2. The van der Waals surface area contributed by atoms with Gasteiger partial charge in [0, 0.05) is 23.3 Å². The summed E-state index contributed by atoms with van der Waals surface area (Å²) < 4.78 is 15.3. The van der Waals surface area contributed by atoms with Crippen molar-refractivity contribution in [3.8, 4) is 11.4 Å². The highest BCUT2D eigenvalue weighted by molar-refractivity contribution is 6.42. The zero-order valence-electron chi connectivity index (χ0n) is 16.9. The maximum Gasteiger partial charge on any atom is 0.226 e. The van der Waals surface area contributed by atoms with E-state index in [1.165, 1.54) is 12.1 Å². The zero-order valence-corrected chi connectivity index (χ0v) is 18.4. The Kier molecular flexibility index (Phi) is 4.68. The second kappa shape index (κ2) is 7.18. The smallest absolute Gasteiger partial charge is 0.226 e. The molecular formula is C23H19Cl2FN4O. The quantitative estimate of drug-likeness (QED) is 0.509. The molecule has 0 radical (unpaired) electrons. The Bertz CT molecular complexity index is 1250. The molecule has 0 saturated heterocycles. The average Bonchev–Trinajstić information content (AvgIpc) is 3.12. The molecule has 158 valence electrons. The van der Waals surface area contributed by atoms with Gasteiger partial charge in [0.15, 0.2) is 11.6 Å². The maximum absolute atomic E-state index is 13.6. The minimum absolute atomic E-state index is 0.0605. The third kappa shape index (κ3) is 3.54. The summed E-state index contributed by atoms with van der Waals surface area (Å²) in [7, 11) is 0. The average molecular weight is 457 g/mol. The molecule has 1 aliphatic heterocycles. The van der Waals surface area contributed by atoms with Crippen LogP contribution in [0.3, 0.4) is 0 Å². The monoisotopic (exact) mass is 456 g/mol. The van der Waals surface area contributed by atoms with Crippen LogP contribution in [0, 0.1) is 11.2 Å². The van der Waals surface area contributed by atoms with E-state index in [-0.39, 0.29) is 17.0 Å². The number of carbonyl (C=O) groups is 1. The SMILES string of the molecule is CC1(C)CC(=O)C2=C(C1)Nc1nc(-c3ccc(Cl)c(Cl)c3)nn1C2c1ccc(F)cc1. The molecule has 0 spiro atoms. The first-order valence-electron chi connectivity index (χ1n) is 9.92. The van der Waals surface area contributed by atoms with E-state index in [9.17, 15) is 9.18 Å². The van der Waals surface area contributed by atoms with Gasteiger partial charge in [0.05, 0.1) is 10.0 Å². The number of Topliss-reactive ketones (excluding diaryl/α,β-unsaturated/α-hetero) is 1. The normalized spacial score (nSPS) is 19.6. The zero-order chi connectivity index (χ0) is 21.9. The van der Waals surface area contributed by atoms with Crippen molar-refractivity contribution in [3.63, 3.8) is 0 Å². The van der Waals surface area contributed by atoms with Crippen molar-refractivity contribution in [1.29, 1.82) is 0 Å². The minimum atomic E-state index is -0.487. The molecule has 2 aliphatic rings. The number of nitrogens with one attached hydrogen (secondary N) is 1. The van der Waals surface area contributed by atoms with Crippen molar-refractivity contribution < 1.29 is 9.18 Å². The molecular weight excluding hydrogens is 438 g/mol. The third-order valence-electron chi connectivity index (χ3n) is 5.70. The number of rotatable bonds is 2. The summed E-state index contributed by atoms with van der Waals surface area (Å²) in [5, 5.41) is 8.88. The second-order valence-corrected chi connectivity index (χ2v) is 9.56. The van der Waals surface area contributed by atoms with Gasteiger partial charge in [-0.05, 0) is 47.7 Å². The lowest BCUT2D eigenvalue weighted by molar-refractivity contribution is -0.118. The van der Waals surface area contributed by atoms with Crippen molar-refractivity contribution in [2.24, 2.45) is 5.41 Å². The van der Waals surface area contributed by atoms with Gasteiger partial charge >= 0.3 is 0 Å². The number of hydrogen-bond acceptors (Lipinski definition) is 4. The number of anilines is 1. The van der Waals surface area contributed by atoms with Crippen LogP contribution in [0.25, 0.3) is 11.4 Å². The van der Waals surface area contributed by atoms with Crippen LogP contribution in [0.4, 0.5) is 10.3 Å². The van der Waals surface area contributed by atoms with E-state index >= 15 is 0 Å². The number of aromatic nitrogens is 3. The lowest BCUT2D eigenvalue weighted by Gasteiger charge is -2.38. The van der Waals surface area contributed by atoms with Crippen molar-refractivity contribution >= 4 is 34.9 Å². The van der Waals surface area contributed by atoms with Gasteiger partial charge in [0.1, 0.15) is 11.9 Å². The third-order valence-corrected chi connectivity index (χ3v) is 6.43. The molecule has 2 heterocycles. The molecule has 0 bridgehead atoms. The molecule has 31 heavy (non-hydrogen) atoms. The Balaban J connectivity index is 1.67. The van der Waals surface area contributed by atoms with Gasteiger partial charge in [0.2, 0.25) is 5.95 Å². The first-order chi connectivity index (χ1) is 14.7. The van der Waals surface area contributed by atoms with Gasteiger partial charge in [-0.3, -0.25) is 4.79 Å². The van der Waals surface area contributed by atoms with E-state index in [4.69, 9.17) is 28.3 Å². The minimum Gasteiger partial charge on any atom is -0.328 e. The van der Waals surface area contributed by atoms with Gasteiger partial charge in [-0.25, -0.2) is 9.07 Å². The Hall–Kier alpha value is -2.70. The number of hydrogen-bond donors (Lipinski definition) is 1. The summed E-state index contributed by atoms with van der Waals surface area (Å²) in [5.74, 6) is 0.711. The van der Waals surface area contributed by atoms with Crippen molar-refractivity contribution in [3.05, 3.63) is 75.2 Å². The van der Waals surface area contributed by atoms with Crippen LogP contribution in [0.2, 0.25) is 10.0 Å². The molecule has 1 aromatic heterocycles. The van der Waals surface area contributed by atoms with Gasteiger partial charge in [0.25, 0.3) is 0 Å². The molecule has 0 fully saturated rings. The number of fused-ring (bicyclic) bond motifs is 1. The number of ketones is 1. The van der Waals surface area contributed by atoms with Crippen molar-refractivity contribution in [2.45, 2.75) is 32.7 Å². The Morgan fingerprint density at radius 3 is 2.55 bits per heavy atom. The molecule has 0 saturated carbocycles. The van der Waals surface area contributed by atoms with E-state index in [0.717, 1.165) is 11.3 Å². The lowest BCUT2D eigenvalue weighted by atomic mass is 9.73. The van der Waals surface area contributed by atoms with Crippen LogP contribution in [0.5, 0.6) is 0 Å². The lowest BCUT2D eigenvalue weighted by Crippen LogP contribution is -2.36. The topological polar surface area (TPSA) is 59.8 Å². The Morgan fingerprint density at radius 2 is 1.84 bits per heavy atom. The van der Waals surface area contributed by atoms with Crippen LogP contribution < -0.4 is 5.32 Å². The maximum atomic E-state index is 13.6. The van der Waals surface area contributed by atoms with Gasteiger partial charge < -0.3 is 5.32 Å². The molecule has 1 atom stereocenters. The van der Waals surface area contributed by atoms with E-state index in [1.54, 1.807) is 35.0 Å². The number of carbonyl (C=O) groups excluding carboxylic acids is 1. The Morgan fingerprint density at radius 1 is 1.10 bits per heavy atom. The summed E-state index contributed by atoms with van der Waals surface area (Å²) >= 11 is 12.2. The van der Waals surface area contributed by atoms with Gasteiger partial charge in [-0.1, -0.05) is 49.2 Å². The van der Waals surface area contributed by atoms with Crippen LogP contribution in [-0.4, -0.2) is 20.5 Å². The van der Waals surface area contributed by atoms with Crippen LogP contribution in [0.15, 0.2) is 53.7 Å². The summed E-state index contributed by atoms with van der Waals surface area (Å²) in [6.07, 6.45) is 1.15. The highest BCUT2D eigenvalue weighted by Gasteiger charge is 2.41. The Labute approximate surface area is 188 Å². The number of nitrogens with zero attached hydrogens (tertiary/aromatic N) is 3. The van der Waals surface area contributed by atoms with Crippen molar-refractivity contribution in [1.82, 2.24) is 14.8 Å². The van der Waals surface area contributed by atoms with Crippen molar-refractivity contribution in [2.75, 3.05) is 5.32 Å². The van der Waals surface area contributed by atoms with E-state index in [2.05, 4.69) is 24.1 Å². The largest absolute Gasteiger partial charge is 0.328 e. The van der Waals surface area contributed by atoms with Crippen LogP contribution >= 0.6 is 23.2 Å². The molecule has 0 amide bonds. The highest BCUT2D eigenvalue weighted by Crippen LogP contribution is 2.45. The van der Waals surface area contributed by atoms with Gasteiger partial charge in [-0.2, -0.15) is 4.98 Å². The van der Waals surface area contributed by atoms with E-state index in [1.807, 2.05) is 0 Å². The highest BCUT2D eigenvalue weighted by atomic mass is 35.5. The summed E-state index contributed by atoms with van der Waals surface area (Å²) in [4.78, 5) is 17.9. The first kappa shape index (κ1) is 20.2. The summed E-state index contributed by atoms with van der Waals surface area (Å²) in [6.45, 7) is 4.15. The number of halogens is 3. The van der Waals surface area contributed by atoms with E-state index in [0.29, 0.717) is 45.8 Å². The summed E-state index contributed by atoms with van der Waals surface area (Å²) in [6, 6.07) is 10.9. The number of allylic oxidation sites excluding steroid dienone is 2. The molecule has 1 aliphatic carbocycles. The molecule has 8 heteroatoms. The van der Waals surface area contributed by atoms with Gasteiger partial charge in [-0.15, -0.1) is 5.10 Å². The fourth-order valence-corrected chi connectivity index (χ4v) is 4.62. The fraction of sp³-hybridized carbons (Fsp3) is 0.261. The molecule has 2 aromatic carbocycles. The fourth-order valence-electron chi connectivity index (χ4n) is 4.32. The second-order valence-electron chi connectivity index (χ2n) is 8.74. The van der Waals surface area contributed by atoms with E-state index < -0.39 is 6.04 Å². The predicted octanol–water partition coefficient (Wildman–Crippen LogP) is 6.05. The predicted molar refractivity (Wildman–Crippen MR) is 119 cm³/mol.